The van der Waals surface area contributed by atoms with Crippen LogP contribution in [-0.4, -0.2) is 9.97 Å². The van der Waals surface area contributed by atoms with Crippen molar-refractivity contribution in [1.29, 1.82) is 0 Å². The van der Waals surface area contributed by atoms with Gasteiger partial charge in [-0.3, -0.25) is 0 Å². The minimum absolute atomic E-state index is 0.0711. The normalized spacial score (nSPS) is 10.4. The van der Waals surface area contributed by atoms with Gasteiger partial charge in [0.05, 0.1) is 0 Å². The lowest BCUT2D eigenvalue weighted by Gasteiger charge is -2.11. The Hall–Kier alpha value is -1.52. The third kappa shape index (κ3) is 2.83. The molecule has 1 aromatic carbocycles. The maximum absolute atomic E-state index is 5.95. The van der Waals surface area contributed by atoms with Crippen LogP contribution in [0.25, 0.3) is 0 Å². The molecule has 0 aliphatic rings. The highest BCUT2D eigenvalue weighted by molar-refractivity contribution is 6.30. The minimum Gasteiger partial charge on any atom is -0.438 e. The lowest BCUT2D eigenvalue weighted by Crippen LogP contribution is -1.99. The molecule has 0 fully saturated rings. The quantitative estimate of drug-likeness (QED) is 0.852. The third-order valence-electron chi connectivity index (χ3n) is 2.32. The molecule has 0 aliphatic carbocycles. The van der Waals surface area contributed by atoms with Crippen molar-refractivity contribution in [3.8, 4) is 11.6 Å². The van der Waals surface area contributed by atoms with E-state index >= 15 is 0 Å². The summed E-state index contributed by atoms with van der Waals surface area (Å²) in [5.41, 5.74) is 7.33. The number of ether oxygens (including phenoxy) is 1. The summed E-state index contributed by atoms with van der Waals surface area (Å²) in [6.45, 7) is 3.81. The smallest absolute Gasteiger partial charge is 0.225 e. The van der Waals surface area contributed by atoms with Crippen LogP contribution < -0.4 is 10.5 Å². The number of hydrogen-bond donors (Lipinski definition) is 1. The monoisotopic (exact) mass is 283 g/mol. The second-order valence-electron chi connectivity index (χ2n) is 3.86. The molecular weight excluding hydrogens is 273 g/mol. The minimum atomic E-state index is 0.0711. The molecule has 0 aliphatic heterocycles. The molecule has 4 nitrogen and oxygen atoms in total. The van der Waals surface area contributed by atoms with Gasteiger partial charge in [-0.05, 0) is 37.1 Å². The van der Waals surface area contributed by atoms with E-state index in [1.54, 1.807) is 0 Å². The molecule has 2 rings (SSSR count). The van der Waals surface area contributed by atoms with Gasteiger partial charge >= 0.3 is 0 Å². The van der Waals surface area contributed by atoms with Crippen molar-refractivity contribution in [3.05, 3.63) is 39.5 Å². The highest BCUT2D eigenvalue weighted by atomic mass is 35.5. The fourth-order valence-corrected chi connectivity index (χ4v) is 2.14. The van der Waals surface area contributed by atoms with Gasteiger partial charge in [0.1, 0.15) is 10.9 Å². The predicted molar refractivity (Wildman–Crippen MR) is 72.5 cm³/mol. The molecule has 2 aromatic rings. The highest BCUT2D eigenvalue weighted by Gasteiger charge is 2.09. The number of nitrogens with zero attached hydrogens (tertiary/aromatic N) is 2. The maximum atomic E-state index is 5.95. The molecule has 0 atom stereocenters. The Labute approximate surface area is 115 Å². The van der Waals surface area contributed by atoms with Gasteiger partial charge in [0, 0.05) is 11.1 Å². The summed E-state index contributed by atoms with van der Waals surface area (Å²) >= 11 is 11.7. The molecule has 94 valence electrons. The van der Waals surface area contributed by atoms with Crippen molar-refractivity contribution in [2.45, 2.75) is 13.8 Å². The summed E-state index contributed by atoms with van der Waals surface area (Å²) in [5.74, 6) is 1.07. The Morgan fingerprint density at radius 2 is 1.67 bits per heavy atom. The van der Waals surface area contributed by atoms with Crippen LogP contribution in [-0.2, 0) is 0 Å². The molecule has 0 unspecified atom stereocenters. The van der Waals surface area contributed by atoms with E-state index in [4.69, 9.17) is 33.7 Å². The molecule has 2 N–H and O–H groups in total. The van der Waals surface area contributed by atoms with Crippen molar-refractivity contribution in [2.75, 3.05) is 5.73 Å². The lowest BCUT2D eigenvalue weighted by molar-refractivity contribution is 0.456. The Balaban J connectivity index is 2.40. The molecule has 6 heteroatoms. The zero-order valence-electron chi connectivity index (χ0n) is 9.87. The molecule has 0 saturated carbocycles. The molecule has 1 aromatic heterocycles. The summed E-state index contributed by atoms with van der Waals surface area (Å²) in [5, 5.41) is 0.902. The number of nitrogens with two attached hydrogens (primary N) is 1. The maximum Gasteiger partial charge on any atom is 0.225 e. The Morgan fingerprint density at radius 1 is 1.06 bits per heavy atom. The van der Waals surface area contributed by atoms with Crippen molar-refractivity contribution < 1.29 is 4.74 Å². The zero-order valence-corrected chi connectivity index (χ0v) is 11.4. The molecule has 0 saturated heterocycles. The van der Waals surface area contributed by atoms with Crippen molar-refractivity contribution in [2.24, 2.45) is 0 Å². The van der Waals surface area contributed by atoms with Crippen LogP contribution in [0.1, 0.15) is 11.1 Å². The molecule has 0 radical (unpaired) electrons. The zero-order chi connectivity index (χ0) is 13.3. The molecule has 0 spiro atoms. The number of benzene rings is 1. The van der Waals surface area contributed by atoms with Gasteiger partial charge in [-0.1, -0.05) is 23.2 Å². The number of halogens is 2. The predicted octanol–water partition coefficient (Wildman–Crippen LogP) is 3.77. The lowest BCUT2D eigenvalue weighted by atomic mass is 10.1. The van der Waals surface area contributed by atoms with Gasteiger partial charge < -0.3 is 10.5 Å². The van der Waals surface area contributed by atoms with Crippen LogP contribution in [0.2, 0.25) is 10.2 Å². The Bertz CT molecular complexity index is 559. The Kier molecular flexibility index (Phi) is 3.59. The van der Waals surface area contributed by atoms with Gasteiger partial charge in [-0.2, -0.15) is 4.98 Å². The summed E-state index contributed by atoms with van der Waals surface area (Å²) in [4.78, 5) is 7.73. The first-order valence-corrected chi connectivity index (χ1v) is 5.96. The van der Waals surface area contributed by atoms with Crippen LogP contribution in [0.5, 0.6) is 11.6 Å². The van der Waals surface area contributed by atoms with E-state index in [1.165, 1.54) is 6.07 Å². The standard InChI is InChI=1S/C12H11Cl2N3O/c1-6-3-8(13)4-7(2)11(6)18-10-5-9(14)16-12(15)17-10/h3-5H,1-2H3,(H2,15,16,17). The molecular formula is C12H11Cl2N3O. The summed E-state index contributed by atoms with van der Waals surface area (Å²) in [7, 11) is 0. The van der Waals surface area contributed by atoms with Gasteiger partial charge in [-0.15, -0.1) is 0 Å². The van der Waals surface area contributed by atoms with E-state index in [2.05, 4.69) is 9.97 Å². The largest absolute Gasteiger partial charge is 0.438 e. The summed E-state index contributed by atoms with van der Waals surface area (Å²) in [6.07, 6.45) is 0. The molecule has 18 heavy (non-hydrogen) atoms. The second-order valence-corrected chi connectivity index (χ2v) is 4.68. The van der Waals surface area contributed by atoms with Crippen LogP contribution in [0.15, 0.2) is 18.2 Å². The van der Waals surface area contributed by atoms with E-state index in [0.29, 0.717) is 16.7 Å². The van der Waals surface area contributed by atoms with Crippen LogP contribution in [0.4, 0.5) is 5.95 Å². The second kappa shape index (κ2) is 5.00. The summed E-state index contributed by atoms with van der Waals surface area (Å²) in [6, 6.07) is 5.14. The fourth-order valence-electron chi connectivity index (χ4n) is 1.63. The van der Waals surface area contributed by atoms with Gasteiger partial charge in [0.15, 0.2) is 0 Å². The molecule has 0 amide bonds. The van der Waals surface area contributed by atoms with Crippen LogP contribution >= 0.6 is 23.2 Å². The van der Waals surface area contributed by atoms with Crippen LogP contribution in [0, 0.1) is 13.8 Å². The topological polar surface area (TPSA) is 61.0 Å². The van der Waals surface area contributed by atoms with E-state index < -0.39 is 0 Å². The first-order chi connectivity index (χ1) is 8.45. The van der Waals surface area contributed by atoms with Crippen molar-refractivity contribution in [1.82, 2.24) is 9.97 Å². The third-order valence-corrected chi connectivity index (χ3v) is 2.73. The van der Waals surface area contributed by atoms with Gasteiger partial charge in [0.25, 0.3) is 0 Å². The number of nitrogen functional groups attached to an aromatic ring is 1. The molecule has 1 heterocycles. The Morgan fingerprint density at radius 3 is 2.22 bits per heavy atom. The average molecular weight is 284 g/mol. The average Bonchev–Trinajstić information content (AvgIpc) is 2.22. The van der Waals surface area contributed by atoms with Crippen LogP contribution in [0.3, 0.4) is 0 Å². The van der Waals surface area contributed by atoms with Gasteiger partial charge in [-0.25, -0.2) is 4.98 Å². The first kappa shape index (κ1) is 12.9. The molecule has 0 bridgehead atoms. The van der Waals surface area contributed by atoms with E-state index in [0.717, 1.165) is 11.1 Å². The van der Waals surface area contributed by atoms with Crippen molar-refractivity contribution in [3.63, 3.8) is 0 Å². The number of anilines is 1. The highest BCUT2D eigenvalue weighted by Crippen LogP contribution is 2.31. The van der Waals surface area contributed by atoms with E-state index in [9.17, 15) is 0 Å². The van der Waals surface area contributed by atoms with E-state index in [1.807, 2.05) is 26.0 Å². The fraction of sp³-hybridized carbons (Fsp3) is 0.167. The van der Waals surface area contributed by atoms with Gasteiger partial charge in [0.2, 0.25) is 11.8 Å². The number of aryl methyl sites for hydroxylation is 2. The van der Waals surface area contributed by atoms with Crippen molar-refractivity contribution >= 4 is 29.2 Å². The van der Waals surface area contributed by atoms with E-state index in [-0.39, 0.29) is 11.1 Å². The number of aromatic nitrogens is 2. The summed E-state index contributed by atoms with van der Waals surface area (Å²) < 4.78 is 5.68. The number of rotatable bonds is 2. The first-order valence-electron chi connectivity index (χ1n) is 5.20. The SMILES string of the molecule is Cc1cc(Cl)cc(C)c1Oc1cc(Cl)nc(N)n1. The number of hydrogen-bond acceptors (Lipinski definition) is 4.